The Kier molecular flexibility index (Phi) is 5.70. The summed E-state index contributed by atoms with van der Waals surface area (Å²) in [7, 11) is 0. The van der Waals surface area contributed by atoms with Gasteiger partial charge in [-0.15, -0.1) is 0 Å². The first kappa shape index (κ1) is 18.9. The van der Waals surface area contributed by atoms with Crippen molar-refractivity contribution in [2.24, 2.45) is 0 Å². The van der Waals surface area contributed by atoms with Crippen LogP contribution in [0.3, 0.4) is 0 Å². The van der Waals surface area contributed by atoms with E-state index in [-0.39, 0.29) is 18.1 Å². The van der Waals surface area contributed by atoms with Crippen LogP contribution in [0.5, 0.6) is 0 Å². The number of benzene rings is 2. The van der Waals surface area contributed by atoms with Gasteiger partial charge in [-0.3, -0.25) is 4.79 Å². The number of aryl methyl sites for hydroxylation is 2. The third-order valence-corrected chi connectivity index (χ3v) is 4.84. The van der Waals surface area contributed by atoms with E-state index in [9.17, 15) is 9.18 Å². The van der Waals surface area contributed by atoms with E-state index in [1.165, 1.54) is 23.2 Å². The minimum atomic E-state index is -0.358. The molecular weight excluding hydrogens is 369 g/mol. The van der Waals surface area contributed by atoms with E-state index >= 15 is 0 Å². The standard InChI is InChI=1S/C23H22FN3O2/c24-19-8-3-2-7-18(19)21-16-26-23(29-21)11-10-22(28)25-13-5-14-27-15-12-17-6-1-4-9-20(17)27/h1-4,6-9,12,15-16H,5,10-11,13-14H2,(H,25,28). The molecule has 0 bridgehead atoms. The molecule has 0 spiro atoms. The number of hydrogen-bond acceptors (Lipinski definition) is 3. The van der Waals surface area contributed by atoms with Gasteiger partial charge in [0, 0.05) is 37.6 Å². The number of hydrogen-bond donors (Lipinski definition) is 1. The zero-order chi connectivity index (χ0) is 20.1. The average Bonchev–Trinajstić information content (AvgIpc) is 3.37. The Balaban J connectivity index is 1.21. The third kappa shape index (κ3) is 4.54. The first-order valence-corrected chi connectivity index (χ1v) is 9.71. The van der Waals surface area contributed by atoms with Gasteiger partial charge in [-0.2, -0.15) is 0 Å². The van der Waals surface area contributed by atoms with Crippen LogP contribution in [0, 0.1) is 5.82 Å². The van der Waals surface area contributed by atoms with Gasteiger partial charge in [0.1, 0.15) is 5.82 Å². The van der Waals surface area contributed by atoms with Crippen LogP contribution in [0.25, 0.3) is 22.2 Å². The Hall–Kier alpha value is -3.41. The summed E-state index contributed by atoms with van der Waals surface area (Å²) in [6, 6.07) is 16.7. The Labute approximate surface area is 168 Å². The fourth-order valence-corrected chi connectivity index (χ4v) is 3.33. The molecule has 0 radical (unpaired) electrons. The molecule has 2 aromatic heterocycles. The van der Waals surface area contributed by atoms with E-state index in [4.69, 9.17) is 4.42 Å². The average molecular weight is 391 g/mol. The molecule has 5 nitrogen and oxygen atoms in total. The fourth-order valence-electron chi connectivity index (χ4n) is 3.33. The summed E-state index contributed by atoms with van der Waals surface area (Å²) >= 11 is 0. The van der Waals surface area contributed by atoms with Crippen LogP contribution in [-0.4, -0.2) is 22.0 Å². The molecule has 0 atom stereocenters. The molecule has 29 heavy (non-hydrogen) atoms. The number of carbonyl (C=O) groups excluding carboxylic acids is 1. The molecule has 4 rings (SSSR count). The molecule has 6 heteroatoms. The maximum Gasteiger partial charge on any atom is 0.220 e. The normalized spacial score (nSPS) is 11.1. The topological polar surface area (TPSA) is 60.1 Å². The van der Waals surface area contributed by atoms with Crippen molar-refractivity contribution in [3.05, 3.63) is 78.7 Å². The van der Waals surface area contributed by atoms with E-state index in [2.05, 4.69) is 39.3 Å². The number of rotatable bonds is 8. The molecule has 1 amide bonds. The summed E-state index contributed by atoms with van der Waals surface area (Å²) in [6.07, 6.45) is 5.07. The maximum atomic E-state index is 13.8. The number of oxazole rings is 1. The molecule has 0 saturated heterocycles. The van der Waals surface area contributed by atoms with Crippen LogP contribution in [0.1, 0.15) is 18.7 Å². The van der Waals surface area contributed by atoms with Gasteiger partial charge in [0.15, 0.2) is 11.7 Å². The molecule has 0 aliphatic heterocycles. The van der Waals surface area contributed by atoms with Crippen molar-refractivity contribution in [3.8, 4) is 11.3 Å². The number of amides is 1. The quantitative estimate of drug-likeness (QED) is 0.448. The molecule has 2 heterocycles. The predicted molar refractivity (Wildman–Crippen MR) is 110 cm³/mol. The molecule has 0 aliphatic rings. The molecule has 0 saturated carbocycles. The highest BCUT2D eigenvalue weighted by atomic mass is 19.1. The monoisotopic (exact) mass is 391 g/mol. The van der Waals surface area contributed by atoms with E-state index in [0.29, 0.717) is 30.2 Å². The third-order valence-electron chi connectivity index (χ3n) is 4.84. The van der Waals surface area contributed by atoms with Gasteiger partial charge in [-0.1, -0.05) is 30.3 Å². The van der Waals surface area contributed by atoms with Crippen molar-refractivity contribution in [3.63, 3.8) is 0 Å². The SMILES string of the molecule is O=C(CCc1ncc(-c2ccccc2F)o1)NCCCn1ccc2ccccc21. The number of carbonyl (C=O) groups is 1. The fraction of sp³-hybridized carbons (Fsp3) is 0.217. The van der Waals surface area contributed by atoms with Crippen molar-refractivity contribution in [1.29, 1.82) is 0 Å². The van der Waals surface area contributed by atoms with Crippen molar-refractivity contribution >= 4 is 16.8 Å². The Morgan fingerprint density at radius 2 is 1.93 bits per heavy atom. The second-order valence-electron chi connectivity index (χ2n) is 6.87. The molecule has 0 unspecified atom stereocenters. The van der Waals surface area contributed by atoms with Crippen LogP contribution < -0.4 is 5.32 Å². The van der Waals surface area contributed by atoms with Crippen LogP contribution in [0.2, 0.25) is 0 Å². The summed E-state index contributed by atoms with van der Waals surface area (Å²) < 4.78 is 21.6. The molecular formula is C23H22FN3O2. The summed E-state index contributed by atoms with van der Waals surface area (Å²) in [5.41, 5.74) is 1.57. The highest BCUT2D eigenvalue weighted by Gasteiger charge is 2.11. The minimum absolute atomic E-state index is 0.0481. The molecule has 4 aromatic rings. The molecule has 148 valence electrons. The zero-order valence-corrected chi connectivity index (χ0v) is 16.0. The van der Waals surface area contributed by atoms with E-state index in [1.54, 1.807) is 18.2 Å². The summed E-state index contributed by atoms with van der Waals surface area (Å²) in [5, 5.41) is 4.15. The molecule has 1 N–H and O–H groups in total. The number of halogens is 1. The van der Waals surface area contributed by atoms with Crippen molar-refractivity contribution in [1.82, 2.24) is 14.9 Å². The number of nitrogens with one attached hydrogen (secondary N) is 1. The molecule has 2 aromatic carbocycles. The van der Waals surface area contributed by atoms with E-state index in [0.717, 1.165) is 13.0 Å². The van der Waals surface area contributed by atoms with Gasteiger partial charge in [-0.25, -0.2) is 9.37 Å². The first-order chi connectivity index (χ1) is 14.2. The number of aromatic nitrogens is 2. The van der Waals surface area contributed by atoms with Crippen LogP contribution >= 0.6 is 0 Å². The summed E-state index contributed by atoms with van der Waals surface area (Å²) in [6.45, 7) is 1.46. The van der Waals surface area contributed by atoms with Gasteiger partial charge < -0.3 is 14.3 Å². The molecule has 0 fully saturated rings. The van der Waals surface area contributed by atoms with Gasteiger partial charge in [-0.05, 0) is 36.1 Å². The lowest BCUT2D eigenvalue weighted by Gasteiger charge is -2.07. The van der Waals surface area contributed by atoms with Crippen LogP contribution in [0.4, 0.5) is 4.39 Å². The van der Waals surface area contributed by atoms with Crippen LogP contribution in [0.15, 0.2) is 71.4 Å². The van der Waals surface area contributed by atoms with Gasteiger partial charge in [0.25, 0.3) is 0 Å². The molecule has 0 aliphatic carbocycles. The second kappa shape index (κ2) is 8.73. The van der Waals surface area contributed by atoms with E-state index in [1.807, 2.05) is 12.1 Å². The van der Waals surface area contributed by atoms with Gasteiger partial charge >= 0.3 is 0 Å². The lowest BCUT2D eigenvalue weighted by atomic mass is 10.2. The Morgan fingerprint density at radius 1 is 1.10 bits per heavy atom. The highest BCUT2D eigenvalue weighted by Crippen LogP contribution is 2.23. The van der Waals surface area contributed by atoms with Crippen molar-refractivity contribution < 1.29 is 13.6 Å². The Morgan fingerprint density at radius 3 is 2.83 bits per heavy atom. The lowest BCUT2D eigenvalue weighted by molar-refractivity contribution is -0.121. The first-order valence-electron chi connectivity index (χ1n) is 9.71. The maximum absolute atomic E-state index is 13.8. The van der Waals surface area contributed by atoms with Crippen molar-refractivity contribution in [2.75, 3.05) is 6.54 Å². The minimum Gasteiger partial charge on any atom is -0.441 e. The largest absolute Gasteiger partial charge is 0.441 e. The van der Waals surface area contributed by atoms with E-state index < -0.39 is 0 Å². The number of nitrogens with zero attached hydrogens (tertiary/aromatic N) is 2. The van der Waals surface area contributed by atoms with Gasteiger partial charge in [0.05, 0.1) is 11.8 Å². The zero-order valence-electron chi connectivity index (χ0n) is 16.0. The summed E-state index contributed by atoms with van der Waals surface area (Å²) in [5.74, 6) is 0.395. The van der Waals surface area contributed by atoms with Gasteiger partial charge in [0.2, 0.25) is 5.91 Å². The smallest absolute Gasteiger partial charge is 0.220 e. The predicted octanol–water partition coefficient (Wildman–Crippen LogP) is 4.57. The van der Waals surface area contributed by atoms with Crippen LogP contribution in [-0.2, 0) is 17.8 Å². The highest BCUT2D eigenvalue weighted by molar-refractivity contribution is 5.79. The van der Waals surface area contributed by atoms with Crippen molar-refractivity contribution in [2.45, 2.75) is 25.8 Å². The second-order valence-corrected chi connectivity index (χ2v) is 6.87. The lowest BCUT2D eigenvalue weighted by Crippen LogP contribution is -2.25. The Bertz CT molecular complexity index is 1120. The number of fused-ring (bicyclic) bond motifs is 1. The summed E-state index contributed by atoms with van der Waals surface area (Å²) in [4.78, 5) is 16.2. The number of para-hydroxylation sites is 1.